The first-order valence-electron chi connectivity index (χ1n) is 9.14. The molecule has 0 atom stereocenters. The zero-order chi connectivity index (χ0) is 22.8. The number of thiophene rings is 1. The topological polar surface area (TPSA) is 111 Å². The van der Waals surface area contributed by atoms with Gasteiger partial charge in [0.05, 0.1) is 44.4 Å². The Balaban J connectivity index is 2.08. The van der Waals surface area contributed by atoms with Crippen LogP contribution in [0.15, 0.2) is 22.4 Å². The lowest BCUT2D eigenvalue weighted by Crippen LogP contribution is -2.36. The minimum Gasteiger partial charge on any atom is -0.465 e. The van der Waals surface area contributed by atoms with Crippen LogP contribution in [-0.4, -0.2) is 60.9 Å². The molecule has 2 aromatic rings. The zero-order valence-electron chi connectivity index (χ0n) is 17.1. The van der Waals surface area contributed by atoms with Crippen LogP contribution in [0.3, 0.4) is 0 Å². The molecule has 0 unspecified atom stereocenters. The summed E-state index contributed by atoms with van der Waals surface area (Å²) < 4.78 is 43.6. The number of benzene rings is 1. The number of morpholine rings is 1. The van der Waals surface area contributed by atoms with E-state index in [1.54, 1.807) is 12.1 Å². The van der Waals surface area contributed by atoms with Gasteiger partial charge in [0, 0.05) is 18.1 Å². The lowest BCUT2D eigenvalue weighted by atomic mass is 10.2. The van der Waals surface area contributed by atoms with Gasteiger partial charge in [-0.2, -0.15) is 0 Å². The van der Waals surface area contributed by atoms with Gasteiger partial charge in [0.25, 0.3) is 10.0 Å². The van der Waals surface area contributed by atoms with Gasteiger partial charge >= 0.3 is 11.9 Å². The van der Waals surface area contributed by atoms with Gasteiger partial charge < -0.3 is 19.1 Å². The van der Waals surface area contributed by atoms with Gasteiger partial charge in [-0.3, -0.25) is 4.72 Å². The molecular formula is C19H21ClN2O7S2. The fourth-order valence-electron chi connectivity index (χ4n) is 3.16. The molecule has 0 spiro atoms. The summed E-state index contributed by atoms with van der Waals surface area (Å²) in [5.74, 6) is -1.62. The van der Waals surface area contributed by atoms with Gasteiger partial charge in [0.15, 0.2) is 4.21 Å². The van der Waals surface area contributed by atoms with E-state index in [0.29, 0.717) is 48.4 Å². The molecule has 1 fully saturated rings. The Morgan fingerprint density at radius 2 is 1.81 bits per heavy atom. The Morgan fingerprint density at radius 1 is 1.16 bits per heavy atom. The Morgan fingerprint density at radius 3 is 2.42 bits per heavy atom. The monoisotopic (exact) mass is 488 g/mol. The lowest BCUT2D eigenvalue weighted by Gasteiger charge is -2.30. The summed E-state index contributed by atoms with van der Waals surface area (Å²) in [6, 6.07) is 4.87. The number of ether oxygens (including phenoxy) is 3. The summed E-state index contributed by atoms with van der Waals surface area (Å²) >= 11 is 6.76. The Hall–Kier alpha value is -2.34. The number of anilines is 2. The number of rotatable bonds is 6. The predicted octanol–water partition coefficient (Wildman–Crippen LogP) is 2.92. The van der Waals surface area contributed by atoms with Crippen LogP contribution in [0.25, 0.3) is 0 Å². The van der Waals surface area contributed by atoms with Crippen molar-refractivity contribution in [3.05, 3.63) is 39.2 Å². The molecule has 0 amide bonds. The van der Waals surface area contributed by atoms with Crippen molar-refractivity contribution < 1.29 is 32.2 Å². The second-order valence-corrected chi connectivity index (χ2v) is 9.90. The number of hydrogen-bond acceptors (Lipinski definition) is 9. The Bertz CT molecular complexity index is 1110. The van der Waals surface area contributed by atoms with Gasteiger partial charge in [-0.15, -0.1) is 11.3 Å². The molecule has 0 bridgehead atoms. The molecule has 12 heteroatoms. The van der Waals surface area contributed by atoms with Gasteiger partial charge in [-0.1, -0.05) is 11.6 Å². The molecule has 2 heterocycles. The molecule has 9 nitrogen and oxygen atoms in total. The van der Waals surface area contributed by atoms with Crippen LogP contribution in [0.4, 0.5) is 11.4 Å². The van der Waals surface area contributed by atoms with E-state index in [4.69, 9.17) is 25.8 Å². The van der Waals surface area contributed by atoms with Crippen molar-refractivity contribution in [2.45, 2.75) is 11.1 Å². The molecule has 3 rings (SSSR count). The van der Waals surface area contributed by atoms with E-state index < -0.39 is 22.0 Å². The molecule has 1 aliphatic rings. The maximum absolute atomic E-state index is 13.3. The van der Waals surface area contributed by atoms with Crippen molar-refractivity contribution >= 4 is 56.3 Å². The average molecular weight is 489 g/mol. The van der Waals surface area contributed by atoms with Crippen LogP contribution >= 0.6 is 22.9 Å². The summed E-state index contributed by atoms with van der Waals surface area (Å²) in [5.41, 5.74) is 0.826. The van der Waals surface area contributed by atoms with Crippen LogP contribution in [-0.2, 0) is 24.2 Å². The van der Waals surface area contributed by atoms with Crippen molar-refractivity contribution in [2.75, 3.05) is 50.1 Å². The molecule has 31 heavy (non-hydrogen) atoms. The standard InChI is InChI=1S/C19H21ClN2O7S2/c1-11-15(17(23)27-2)19(30-16(11)18(24)28-3)31(25,26)21-13-10-12(20)4-5-14(13)22-6-8-29-9-7-22/h4-5,10,21H,6-9H2,1-3H3. The van der Waals surface area contributed by atoms with Gasteiger partial charge in [0.2, 0.25) is 0 Å². The third kappa shape index (κ3) is 4.79. The van der Waals surface area contributed by atoms with Crippen molar-refractivity contribution in [3.8, 4) is 0 Å². The minimum absolute atomic E-state index is 0.00257. The van der Waals surface area contributed by atoms with Crippen LogP contribution in [0.1, 0.15) is 25.6 Å². The number of esters is 2. The molecule has 0 aliphatic carbocycles. The highest BCUT2D eigenvalue weighted by Gasteiger charge is 2.33. The minimum atomic E-state index is -4.28. The maximum atomic E-state index is 13.3. The molecule has 0 saturated carbocycles. The highest BCUT2D eigenvalue weighted by atomic mass is 35.5. The molecule has 1 aromatic carbocycles. The highest BCUT2D eigenvalue weighted by Crippen LogP contribution is 2.37. The quantitative estimate of drug-likeness (QED) is 0.618. The van der Waals surface area contributed by atoms with Gasteiger partial charge in [-0.05, 0) is 30.7 Å². The van der Waals surface area contributed by atoms with Crippen molar-refractivity contribution in [3.63, 3.8) is 0 Å². The van der Waals surface area contributed by atoms with Crippen LogP contribution < -0.4 is 9.62 Å². The summed E-state index contributed by atoms with van der Waals surface area (Å²) in [5, 5.41) is 0.334. The first kappa shape index (κ1) is 23.3. The maximum Gasteiger partial charge on any atom is 0.348 e. The van der Waals surface area contributed by atoms with Gasteiger partial charge in [0.1, 0.15) is 4.88 Å². The first-order valence-corrected chi connectivity index (χ1v) is 11.8. The second-order valence-electron chi connectivity index (χ2n) is 6.57. The third-order valence-corrected chi connectivity index (χ3v) is 8.06. The van der Waals surface area contributed by atoms with E-state index in [2.05, 4.69) is 4.72 Å². The molecular weight excluding hydrogens is 468 g/mol. The summed E-state index contributed by atoms with van der Waals surface area (Å²) in [7, 11) is -1.97. The average Bonchev–Trinajstić information content (AvgIpc) is 3.11. The van der Waals surface area contributed by atoms with E-state index in [0.717, 1.165) is 7.11 Å². The fraction of sp³-hybridized carbons (Fsp3) is 0.368. The van der Waals surface area contributed by atoms with E-state index in [-0.39, 0.29) is 25.9 Å². The smallest absolute Gasteiger partial charge is 0.348 e. The van der Waals surface area contributed by atoms with E-state index in [9.17, 15) is 18.0 Å². The molecule has 1 N–H and O–H groups in total. The van der Waals surface area contributed by atoms with Crippen LogP contribution in [0, 0.1) is 6.92 Å². The second kappa shape index (κ2) is 9.43. The SMILES string of the molecule is COC(=O)c1sc(S(=O)(=O)Nc2cc(Cl)ccc2N2CCOCC2)c(C(=O)OC)c1C. The molecule has 168 valence electrons. The third-order valence-electron chi connectivity index (χ3n) is 4.67. The zero-order valence-corrected chi connectivity index (χ0v) is 19.4. The molecule has 1 aliphatic heterocycles. The number of halogens is 1. The Kier molecular flexibility index (Phi) is 7.10. The number of carbonyl (C=O) groups excluding carboxylic acids is 2. The molecule has 1 saturated heterocycles. The molecule has 0 radical (unpaired) electrons. The van der Waals surface area contributed by atoms with Crippen LogP contribution in [0.5, 0.6) is 0 Å². The number of nitrogens with one attached hydrogen (secondary N) is 1. The summed E-state index contributed by atoms with van der Waals surface area (Å²) in [6.07, 6.45) is 0. The normalized spacial score (nSPS) is 14.3. The largest absolute Gasteiger partial charge is 0.465 e. The number of nitrogens with zero attached hydrogens (tertiary/aromatic N) is 1. The van der Waals surface area contributed by atoms with Crippen molar-refractivity contribution in [1.29, 1.82) is 0 Å². The summed E-state index contributed by atoms with van der Waals surface area (Å²) in [4.78, 5) is 26.4. The van der Waals surface area contributed by atoms with Gasteiger partial charge in [-0.25, -0.2) is 18.0 Å². The van der Waals surface area contributed by atoms with E-state index in [1.165, 1.54) is 20.1 Å². The highest BCUT2D eigenvalue weighted by molar-refractivity contribution is 7.94. The van der Waals surface area contributed by atoms with E-state index in [1.807, 2.05) is 4.90 Å². The predicted molar refractivity (Wildman–Crippen MR) is 117 cm³/mol. The lowest BCUT2D eigenvalue weighted by molar-refractivity contribution is 0.0596. The van der Waals surface area contributed by atoms with Crippen molar-refractivity contribution in [1.82, 2.24) is 0 Å². The fourth-order valence-corrected chi connectivity index (χ4v) is 6.15. The summed E-state index contributed by atoms with van der Waals surface area (Å²) in [6.45, 7) is 3.64. The number of sulfonamides is 1. The molecule has 1 aromatic heterocycles. The van der Waals surface area contributed by atoms with E-state index >= 15 is 0 Å². The number of methoxy groups -OCH3 is 2. The first-order chi connectivity index (χ1) is 14.7. The number of carbonyl (C=O) groups is 2. The Labute approximate surface area is 188 Å². The van der Waals surface area contributed by atoms with Crippen molar-refractivity contribution in [2.24, 2.45) is 0 Å². The van der Waals surface area contributed by atoms with Crippen LogP contribution in [0.2, 0.25) is 5.02 Å². The number of hydrogen-bond donors (Lipinski definition) is 1.